The molecule has 0 aromatic rings. The van der Waals surface area contributed by atoms with Crippen LogP contribution in [0, 0.1) is 0 Å². The van der Waals surface area contributed by atoms with Crippen molar-refractivity contribution in [3.05, 3.63) is 12.1 Å². The third kappa shape index (κ3) is 1.40. The molecule has 0 aromatic heterocycles. The number of hydrogen-bond donors (Lipinski definition) is 1. The van der Waals surface area contributed by atoms with E-state index in [4.69, 9.17) is 9.47 Å². The highest BCUT2D eigenvalue weighted by Gasteiger charge is 2.17. The molecule has 0 aliphatic carbocycles. The average molecular weight is 156 g/mol. The summed E-state index contributed by atoms with van der Waals surface area (Å²) in [6.07, 6.45) is 1.69. The summed E-state index contributed by atoms with van der Waals surface area (Å²) < 4.78 is 10.2. The Balaban J connectivity index is 1.92. The molecule has 2 aliphatic heterocycles. The van der Waals surface area contributed by atoms with Crippen LogP contribution in [0.1, 0.15) is 0 Å². The van der Waals surface area contributed by atoms with Gasteiger partial charge in [0.2, 0.25) is 12.7 Å². The Kier molecular flexibility index (Phi) is 1.85. The maximum Gasteiger partial charge on any atom is 0.232 e. The lowest BCUT2D eigenvalue weighted by Crippen LogP contribution is -2.42. The summed E-state index contributed by atoms with van der Waals surface area (Å²) in [6.45, 7) is 4.45. The van der Waals surface area contributed by atoms with Crippen LogP contribution in [0.25, 0.3) is 0 Å². The van der Waals surface area contributed by atoms with Crippen molar-refractivity contribution in [2.75, 3.05) is 33.0 Å². The van der Waals surface area contributed by atoms with Crippen LogP contribution in [0.4, 0.5) is 0 Å². The van der Waals surface area contributed by atoms with Gasteiger partial charge in [-0.1, -0.05) is 0 Å². The molecule has 0 amide bonds. The van der Waals surface area contributed by atoms with Crippen molar-refractivity contribution in [3.63, 3.8) is 0 Å². The molecule has 2 heterocycles. The fraction of sp³-hybridized carbons (Fsp3) is 0.714. The van der Waals surface area contributed by atoms with Gasteiger partial charge in [-0.25, -0.2) is 0 Å². The molecule has 4 nitrogen and oxygen atoms in total. The van der Waals surface area contributed by atoms with Crippen LogP contribution in [0.3, 0.4) is 0 Å². The quantitative estimate of drug-likeness (QED) is 0.565. The van der Waals surface area contributed by atoms with Crippen LogP contribution in [0.2, 0.25) is 0 Å². The first-order valence-electron chi connectivity index (χ1n) is 3.87. The molecule has 0 spiro atoms. The van der Waals surface area contributed by atoms with E-state index in [1.807, 2.05) is 0 Å². The maximum absolute atomic E-state index is 5.23. The lowest BCUT2D eigenvalue weighted by molar-refractivity contribution is 0.0458. The lowest BCUT2D eigenvalue weighted by atomic mass is 10.4. The van der Waals surface area contributed by atoms with Crippen molar-refractivity contribution in [2.45, 2.75) is 0 Å². The molecule has 0 unspecified atom stereocenters. The molecule has 11 heavy (non-hydrogen) atoms. The van der Waals surface area contributed by atoms with Crippen molar-refractivity contribution in [1.29, 1.82) is 0 Å². The highest BCUT2D eigenvalue weighted by atomic mass is 16.7. The van der Waals surface area contributed by atoms with Crippen molar-refractivity contribution < 1.29 is 9.47 Å². The van der Waals surface area contributed by atoms with Gasteiger partial charge in [0.05, 0.1) is 0 Å². The van der Waals surface area contributed by atoms with Gasteiger partial charge in [-0.05, 0) is 0 Å². The molecule has 1 saturated heterocycles. The fourth-order valence-corrected chi connectivity index (χ4v) is 1.28. The zero-order valence-corrected chi connectivity index (χ0v) is 6.38. The van der Waals surface area contributed by atoms with Crippen LogP contribution in [0.15, 0.2) is 12.1 Å². The van der Waals surface area contributed by atoms with Gasteiger partial charge in [0.25, 0.3) is 0 Å². The van der Waals surface area contributed by atoms with Crippen LogP contribution in [0.5, 0.6) is 0 Å². The Morgan fingerprint density at radius 3 is 2.82 bits per heavy atom. The summed E-state index contributed by atoms with van der Waals surface area (Å²) in [5.41, 5.74) is 0. The molecule has 2 aliphatic rings. The minimum Gasteiger partial charge on any atom is -0.459 e. The minimum atomic E-state index is 0.374. The fourth-order valence-electron chi connectivity index (χ4n) is 1.28. The van der Waals surface area contributed by atoms with Gasteiger partial charge < -0.3 is 19.7 Å². The first-order chi connectivity index (χ1) is 5.47. The van der Waals surface area contributed by atoms with E-state index in [1.165, 1.54) is 0 Å². The van der Waals surface area contributed by atoms with Crippen LogP contribution in [-0.4, -0.2) is 37.9 Å². The Morgan fingerprint density at radius 2 is 2.18 bits per heavy atom. The molecule has 62 valence electrons. The summed E-state index contributed by atoms with van der Waals surface area (Å²) in [5.74, 6) is 0.881. The van der Waals surface area contributed by atoms with E-state index in [9.17, 15) is 0 Å². The molecule has 2 rings (SSSR count). The summed E-state index contributed by atoms with van der Waals surface area (Å²) in [4.78, 5) is 2.18. The number of ether oxygens (including phenoxy) is 2. The van der Waals surface area contributed by atoms with Gasteiger partial charge in [0.1, 0.15) is 6.26 Å². The molecule has 0 atom stereocenters. The standard InChI is InChI=1S/C7H12N2O2/c1-3-9(4-2-8-1)7-5-10-6-11-7/h5,8H,1-4,6H2. The van der Waals surface area contributed by atoms with Gasteiger partial charge >= 0.3 is 0 Å². The monoisotopic (exact) mass is 156 g/mol. The Hall–Kier alpha value is -0.900. The molecule has 0 bridgehead atoms. The van der Waals surface area contributed by atoms with Crippen molar-refractivity contribution in [1.82, 2.24) is 10.2 Å². The Bertz CT molecular complexity index is 164. The third-order valence-electron chi connectivity index (χ3n) is 1.89. The number of hydrogen-bond acceptors (Lipinski definition) is 4. The molecule has 4 heteroatoms. The Labute approximate surface area is 65.8 Å². The molecule has 1 fully saturated rings. The van der Waals surface area contributed by atoms with Gasteiger partial charge in [-0.15, -0.1) is 0 Å². The number of nitrogens with one attached hydrogen (secondary N) is 1. The molecular formula is C7H12N2O2. The van der Waals surface area contributed by atoms with Crippen molar-refractivity contribution in [2.24, 2.45) is 0 Å². The summed E-state index contributed by atoms with van der Waals surface area (Å²) >= 11 is 0. The summed E-state index contributed by atoms with van der Waals surface area (Å²) in [5, 5.41) is 3.27. The smallest absolute Gasteiger partial charge is 0.232 e. The van der Waals surface area contributed by atoms with Crippen molar-refractivity contribution in [3.8, 4) is 0 Å². The molecule has 1 N–H and O–H groups in total. The first kappa shape index (κ1) is 6.79. The van der Waals surface area contributed by atoms with Crippen molar-refractivity contribution >= 4 is 0 Å². The van der Waals surface area contributed by atoms with E-state index in [2.05, 4.69) is 10.2 Å². The Morgan fingerprint density at radius 1 is 1.36 bits per heavy atom. The summed E-state index contributed by atoms with van der Waals surface area (Å²) in [6, 6.07) is 0. The van der Waals surface area contributed by atoms with E-state index < -0.39 is 0 Å². The lowest BCUT2D eigenvalue weighted by Gasteiger charge is -2.27. The number of rotatable bonds is 1. The second kappa shape index (κ2) is 3.00. The van der Waals surface area contributed by atoms with E-state index in [-0.39, 0.29) is 0 Å². The topological polar surface area (TPSA) is 33.7 Å². The average Bonchev–Trinajstić information content (AvgIpc) is 2.58. The predicted octanol–water partition coefficient (Wildman–Crippen LogP) is -0.305. The van der Waals surface area contributed by atoms with E-state index in [0.717, 1.165) is 32.1 Å². The van der Waals surface area contributed by atoms with Crippen LogP contribution < -0.4 is 5.32 Å². The third-order valence-corrected chi connectivity index (χ3v) is 1.89. The number of piperazine rings is 1. The van der Waals surface area contributed by atoms with Gasteiger partial charge in [-0.2, -0.15) is 0 Å². The zero-order valence-electron chi connectivity index (χ0n) is 6.38. The van der Waals surface area contributed by atoms with Gasteiger partial charge in [0, 0.05) is 26.2 Å². The summed E-state index contributed by atoms with van der Waals surface area (Å²) in [7, 11) is 0. The second-order valence-electron chi connectivity index (χ2n) is 2.62. The maximum atomic E-state index is 5.23. The largest absolute Gasteiger partial charge is 0.459 e. The van der Waals surface area contributed by atoms with E-state index in [1.54, 1.807) is 6.26 Å². The minimum absolute atomic E-state index is 0.374. The predicted molar refractivity (Wildman–Crippen MR) is 39.6 cm³/mol. The van der Waals surface area contributed by atoms with Gasteiger partial charge in [0.15, 0.2) is 0 Å². The molecule has 0 saturated carbocycles. The normalized spacial score (nSPS) is 24.0. The highest BCUT2D eigenvalue weighted by molar-refractivity contribution is 4.92. The second-order valence-corrected chi connectivity index (χ2v) is 2.62. The van der Waals surface area contributed by atoms with E-state index >= 15 is 0 Å². The zero-order chi connectivity index (χ0) is 7.52. The number of nitrogens with zero attached hydrogens (tertiary/aromatic N) is 1. The van der Waals surface area contributed by atoms with E-state index in [0.29, 0.717) is 6.79 Å². The van der Waals surface area contributed by atoms with Gasteiger partial charge in [-0.3, -0.25) is 0 Å². The van der Waals surface area contributed by atoms with Crippen LogP contribution >= 0.6 is 0 Å². The first-order valence-corrected chi connectivity index (χ1v) is 3.87. The highest BCUT2D eigenvalue weighted by Crippen LogP contribution is 2.12. The molecular weight excluding hydrogens is 144 g/mol. The molecule has 0 aromatic carbocycles. The SMILES string of the molecule is C1=C(N2CCNCC2)OCO1. The van der Waals surface area contributed by atoms with Crippen LogP contribution in [-0.2, 0) is 9.47 Å². The molecule has 0 radical (unpaired) electrons.